The highest BCUT2D eigenvalue weighted by Gasteiger charge is 2.37. The minimum atomic E-state index is -4.63. The lowest BCUT2D eigenvalue weighted by Crippen LogP contribution is -2.46. The van der Waals surface area contributed by atoms with Crippen LogP contribution in [0.3, 0.4) is 0 Å². The summed E-state index contributed by atoms with van der Waals surface area (Å²) in [6.45, 7) is 3.69. The van der Waals surface area contributed by atoms with E-state index in [0.29, 0.717) is 4.52 Å². The topological polar surface area (TPSA) is 80.0 Å². The molecule has 25 heavy (non-hydrogen) atoms. The Bertz CT molecular complexity index is 805. The van der Waals surface area contributed by atoms with Gasteiger partial charge in [-0.3, -0.25) is 4.79 Å². The van der Waals surface area contributed by atoms with Gasteiger partial charge in [0.2, 0.25) is 0 Å². The molecule has 0 aromatic carbocycles. The fraction of sp³-hybridized carbons (Fsp3) is 0.533. The van der Waals surface area contributed by atoms with Crippen molar-refractivity contribution in [1.82, 2.24) is 19.5 Å². The number of amides is 1. The quantitative estimate of drug-likeness (QED) is 0.894. The predicted molar refractivity (Wildman–Crippen MR) is 80.1 cm³/mol. The molecular weight excluding hydrogens is 341 g/mol. The largest absolute Gasteiger partial charge is 0.433 e. The fourth-order valence-electron chi connectivity index (χ4n) is 2.91. The molecule has 0 aliphatic carbocycles. The molecule has 1 saturated heterocycles. The van der Waals surface area contributed by atoms with Crippen molar-refractivity contribution in [3.63, 3.8) is 0 Å². The molecule has 2 aromatic heterocycles. The Labute approximate surface area is 141 Å². The number of carbonyl (C=O) groups excluding carboxylic acids is 1. The van der Waals surface area contributed by atoms with Crippen LogP contribution in [0.5, 0.6) is 0 Å². The van der Waals surface area contributed by atoms with Gasteiger partial charge in [0.15, 0.2) is 11.3 Å². The normalized spacial score (nSPS) is 21.0. The number of hydrogen-bond acceptors (Lipinski definition) is 5. The van der Waals surface area contributed by atoms with Gasteiger partial charge >= 0.3 is 6.18 Å². The number of aliphatic hydroxyl groups is 1. The van der Waals surface area contributed by atoms with E-state index in [1.54, 1.807) is 6.92 Å². The minimum absolute atomic E-state index is 0.0602. The molecule has 1 aliphatic heterocycles. The van der Waals surface area contributed by atoms with Gasteiger partial charge in [0.1, 0.15) is 5.69 Å². The number of rotatable bonds is 3. The van der Waals surface area contributed by atoms with Crippen LogP contribution in [-0.2, 0) is 10.9 Å². The van der Waals surface area contributed by atoms with Crippen molar-refractivity contribution < 1.29 is 27.8 Å². The Kier molecular flexibility index (Phi) is 4.41. The molecule has 1 amide bonds. The number of hydrogen-bond donors (Lipinski definition) is 1. The minimum Gasteiger partial charge on any atom is -0.388 e. The second kappa shape index (κ2) is 6.26. The number of likely N-dealkylation sites (N-methyl/N-ethyl adjacent to an activating group) is 1. The maximum absolute atomic E-state index is 13.2. The van der Waals surface area contributed by atoms with Gasteiger partial charge in [-0.2, -0.15) is 18.3 Å². The highest BCUT2D eigenvalue weighted by Crippen LogP contribution is 2.30. The standard InChI is InChI=1S/C15H17F3N4O3/c1-3-21(10-6-25-7-11(10)23)14(24)9-5-13-19-8(2)4-12(15(16,17)18)22(13)20-9/h4-5,10-11,23H,3,6-7H2,1-2H3/t10-,11-/m1/s1. The molecule has 0 radical (unpaired) electrons. The van der Waals surface area contributed by atoms with Crippen molar-refractivity contribution in [3.05, 3.63) is 29.2 Å². The zero-order valence-electron chi connectivity index (χ0n) is 13.6. The molecule has 2 atom stereocenters. The maximum Gasteiger partial charge on any atom is 0.433 e. The first kappa shape index (κ1) is 17.6. The van der Waals surface area contributed by atoms with E-state index in [-0.39, 0.29) is 36.8 Å². The Morgan fingerprint density at radius 2 is 2.16 bits per heavy atom. The first-order chi connectivity index (χ1) is 11.7. The molecule has 2 aromatic rings. The van der Waals surface area contributed by atoms with Crippen LogP contribution in [-0.4, -0.2) is 62.4 Å². The Morgan fingerprint density at radius 3 is 2.72 bits per heavy atom. The van der Waals surface area contributed by atoms with E-state index in [1.165, 1.54) is 17.9 Å². The SMILES string of the molecule is CCN(C(=O)c1cc2nc(C)cc(C(F)(F)F)n2n1)[C@@H]1COC[C@H]1O. The van der Waals surface area contributed by atoms with Gasteiger partial charge in [-0.1, -0.05) is 0 Å². The Morgan fingerprint density at radius 1 is 1.44 bits per heavy atom. The molecule has 136 valence electrons. The fourth-order valence-corrected chi connectivity index (χ4v) is 2.91. The van der Waals surface area contributed by atoms with Gasteiger partial charge in [0.25, 0.3) is 5.91 Å². The van der Waals surface area contributed by atoms with Crippen molar-refractivity contribution >= 4 is 11.6 Å². The van der Waals surface area contributed by atoms with E-state index >= 15 is 0 Å². The van der Waals surface area contributed by atoms with Gasteiger partial charge in [-0.05, 0) is 19.9 Å². The van der Waals surface area contributed by atoms with Crippen LogP contribution in [0, 0.1) is 6.92 Å². The predicted octanol–water partition coefficient (Wildman–Crippen LogP) is 1.28. The first-order valence-corrected chi connectivity index (χ1v) is 7.73. The van der Waals surface area contributed by atoms with Crippen molar-refractivity contribution in [2.24, 2.45) is 0 Å². The van der Waals surface area contributed by atoms with Crippen LogP contribution >= 0.6 is 0 Å². The number of aliphatic hydroxyl groups excluding tert-OH is 1. The van der Waals surface area contributed by atoms with E-state index in [4.69, 9.17) is 4.74 Å². The number of fused-ring (bicyclic) bond motifs is 1. The molecule has 0 unspecified atom stereocenters. The highest BCUT2D eigenvalue weighted by molar-refractivity contribution is 5.93. The Hall–Kier alpha value is -2.20. The third-order valence-electron chi connectivity index (χ3n) is 4.09. The molecule has 7 nitrogen and oxygen atoms in total. The van der Waals surface area contributed by atoms with Crippen LogP contribution in [0.1, 0.15) is 28.8 Å². The van der Waals surface area contributed by atoms with Gasteiger partial charge in [0.05, 0.1) is 25.4 Å². The van der Waals surface area contributed by atoms with Crippen molar-refractivity contribution in [1.29, 1.82) is 0 Å². The van der Waals surface area contributed by atoms with Gasteiger partial charge < -0.3 is 14.7 Å². The number of halogens is 3. The molecule has 1 aliphatic rings. The van der Waals surface area contributed by atoms with Crippen LogP contribution in [0.15, 0.2) is 12.1 Å². The molecule has 3 rings (SSSR count). The maximum atomic E-state index is 13.2. The molecular formula is C15H17F3N4O3. The second-order valence-electron chi connectivity index (χ2n) is 5.84. The number of alkyl halides is 3. The molecule has 0 spiro atoms. The van der Waals surface area contributed by atoms with E-state index in [0.717, 1.165) is 6.07 Å². The lowest BCUT2D eigenvalue weighted by atomic mass is 10.1. The number of aromatic nitrogens is 3. The van der Waals surface area contributed by atoms with Crippen LogP contribution in [0.25, 0.3) is 5.65 Å². The van der Waals surface area contributed by atoms with Crippen LogP contribution in [0.2, 0.25) is 0 Å². The monoisotopic (exact) mass is 358 g/mol. The van der Waals surface area contributed by atoms with Crippen molar-refractivity contribution in [2.75, 3.05) is 19.8 Å². The summed E-state index contributed by atoms with van der Waals surface area (Å²) in [6.07, 6.45) is -5.47. The molecule has 0 bridgehead atoms. The lowest BCUT2D eigenvalue weighted by molar-refractivity contribution is -0.142. The van der Waals surface area contributed by atoms with Crippen LogP contribution in [0.4, 0.5) is 13.2 Å². The van der Waals surface area contributed by atoms with E-state index in [9.17, 15) is 23.1 Å². The summed E-state index contributed by atoms with van der Waals surface area (Å²) in [5, 5.41) is 13.7. The van der Waals surface area contributed by atoms with Gasteiger partial charge in [-0.15, -0.1) is 0 Å². The van der Waals surface area contributed by atoms with Gasteiger partial charge in [0, 0.05) is 18.3 Å². The summed E-state index contributed by atoms with van der Waals surface area (Å²) in [5.41, 5.74) is -1.05. The summed E-state index contributed by atoms with van der Waals surface area (Å²) in [7, 11) is 0. The average Bonchev–Trinajstić information content (AvgIpc) is 3.12. The van der Waals surface area contributed by atoms with E-state index < -0.39 is 29.9 Å². The molecule has 10 heteroatoms. The Balaban J connectivity index is 2.02. The zero-order valence-corrected chi connectivity index (χ0v) is 13.6. The summed E-state index contributed by atoms with van der Waals surface area (Å²) in [4.78, 5) is 18.1. The molecule has 0 saturated carbocycles. The lowest BCUT2D eigenvalue weighted by Gasteiger charge is -2.27. The van der Waals surface area contributed by atoms with E-state index in [1.807, 2.05) is 0 Å². The first-order valence-electron chi connectivity index (χ1n) is 7.73. The summed E-state index contributed by atoms with van der Waals surface area (Å²) >= 11 is 0. The van der Waals surface area contributed by atoms with Crippen molar-refractivity contribution in [3.8, 4) is 0 Å². The number of nitrogens with zero attached hydrogens (tertiary/aromatic N) is 4. The molecule has 3 heterocycles. The molecule has 1 N–H and O–H groups in total. The number of carbonyl (C=O) groups is 1. The summed E-state index contributed by atoms with van der Waals surface area (Å²) in [5.74, 6) is -0.576. The number of ether oxygens (including phenoxy) is 1. The highest BCUT2D eigenvalue weighted by atomic mass is 19.4. The van der Waals surface area contributed by atoms with E-state index in [2.05, 4.69) is 10.1 Å². The summed E-state index contributed by atoms with van der Waals surface area (Å²) in [6, 6.07) is 1.54. The molecule has 1 fully saturated rings. The van der Waals surface area contributed by atoms with Gasteiger partial charge in [-0.25, -0.2) is 9.50 Å². The number of aryl methyl sites for hydroxylation is 1. The second-order valence-corrected chi connectivity index (χ2v) is 5.84. The van der Waals surface area contributed by atoms with Crippen LogP contribution < -0.4 is 0 Å². The summed E-state index contributed by atoms with van der Waals surface area (Å²) < 4.78 is 45.4. The van der Waals surface area contributed by atoms with Crippen molar-refractivity contribution in [2.45, 2.75) is 32.2 Å². The third-order valence-corrected chi connectivity index (χ3v) is 4.09. The average molecular weight is 358 g/mol. The zero-order chi connectivity index (χ0) is 18.4. The third kappa shape index (κ3) is 3.19. The smallest absolute Gasteiger partial charge is 0.388 e.